The van der Waals surface area contributed by atoms with Crippen LogP contribution in [0.4, 0.5) is 9.18 Å². The number of carbonyl (C=O) groups excluding carboxylic acids is 1. The molecule has 0 bridgehead atoms. The van der Waals surface area contributed by atoms with Crippen LogP contribution >= 0.6 is 15.9 Å². The molecule has 1 aromatic rings. The maximum absolute atomic E-state index is 13.5. The second-order valence-electron chi connectivity index (χ2n) is 6.58. The van der Waals surface area contributed by atoms with Gasteiger partial charge in [-0.15, -0.1) is 0 Å². The van der Waals surface area contributed by atoms with E-state index in [1.807, 2.05) is 26.8 Å². The molecule has 1 atom stereocenters. The van der Waals surface area contributed by atoms with E-state index in [4.69, 9.17) is 4.74 Å². The van der Waals surface area contributed by atoms with Gasteiger partial charge in [-0.2, -0.15) is 0 Å². The summed E-state index contributed by atoms with van der Waals surface area (Å²) in [5.74, 6) is -0.250. The van der Waals surface area contributed by atoms with E-state index in [1.54, 1.807) is 6.07 Å². The fourth-order valence-corrected chi connectivity index (χ4v) is 2.87. The van der Waals surface area contributed by atoms with Crippen molar-refractivity contribution in [2.24, 2.45) is 0 Å². The number of hydrogen-bond donors (Lipinski definition) is 1. The predicted octanol–water partition coefficient (Wildman–Crippen LogP) is 3.69. The molecule has 122 valence electrons. The Bertz CT molecular complexity index is 545. The number of carbonyl (C=O) groups is 1. The minimum atomic E-state index is -0.491. The van der Waals surface area contributed by atoms with Crippen molar-refractivity contribution in [3.05, 3.63) is 34.1 Å². The number of hydrogen-bond acceptors (Lipinski definition) is 3. The molecule has 0 aliphatic carbocycles. The van der Waals surface area contributed by atoms with Crippen LogP contribution in [0.2, 0.25) is 0 Å². The molecule has 1 unspecified atom stereocenters. The average molecular weight is 373 g/mol. The normalized spacial score (nSPS) is 19.2. The van der Waals surface area contributed by atoms with E-state index in [2.05, 4.69) is 26.1 Å². The van der Waals surface area contributed by atoms with Gasteiger partial charge in [-0.25, -0.2) is 9.18 Å². The van der Waals surface area contributed by atoms with Crippen LogP contribution in [0.25, 0.3) is 0 Å². The van der Waals surface area contributed by atoms with Crippen LogP contribution in [0.5, 0.6) is 0 Å². The van der Waals surface area contributed by atoms with Crippen LogP contribution in [0.15, 0.2) is 22.7 Å². The SMILES string of the molecule is CC(C)(C)OC(=O)NC1CCN(Cc2cccc(F)c2Br)C1. The number of nitrogens with one attached hydrogen (secondary N) is 1. The summed E-state index contributed by atoms with van der Waals surface area (Å²) in [7, 11) is 0. The number of halogens is 2. The molecule has 1 N–H and O–H groups in total. The molecule has 22 heavy (non-hydrogen) atoms. The summed E-state index contributed by atoms with van der Waals surface area (Å²) in [5.41, 5.74) is 0.423. The Morgan fingerprint density at radius 1 is 1.50 bits per heavy atom. The topological polar surface area (TPSA) is 41.6 Å². The van der Waals surface area contributed by atoms with Crippen molar-refractivity contribution in [1.82, 2.24) is 10.2 Å². The van der Waals surface area contributed by atoms with Crippen molar-refractivity contribution < 1.29 is 13.9 Å². The van der Waals surface area contributed by atoms with Gasteiger partial charge in [0.2, 0.25) is 0 Å². The van der Waals surface area contributed by atoms with E-state index in [0.29, 0.717) is 11.0 Å². The third-order valence-corrected chi connectivity index (χ3v) is 4.31. The monoisotopic (exact) mass is 372 g/mol. The molecule has 1 aliphatic heterocycles. The van der Waals surface area contributed by atoms with Gasteiger partial charge in [-0.05, 0) is 54.8 Å². The molecule has 4 nitrogen and oxygen atoms in total. The molecule has 6 heteroatoms. The zero-order chi connectivity index (χ0) is 16.3. The molecule has 1 amide bonds. The zero-order valence-corrected chi connectivity index (χ0v) is 14.7. The van der Waals surface area contributed by atoms with Gasteiger partial charge in [0, 0.05) is 25.7 Å². The van der Waals surface area contributed by atoms with Crippen LogP contribution in [-0.4, -0.2) is 35.7 Å². The molecule has 1 aliphatic rings. The molecule has 0 radical (unpaired) electrons. The quantitative estimate of drug-likeness (QED) is 0.879. The second kappa shape index (κ2) is 6.96. The van der Waals surface area contributed by atoms with Gasteiger partial charge in [0.1, 0.15) is 11.4 Å². The molecule has 1 heterocycles. The Morgan fingerprint density at radius 2 is 2.23 bits per heavy atom. The Hall–Kier alpha value is -1.14. The van der Waals surface area contributed by atoms with Crippen molar-refractivity contribution in [2.45, 2.75) is 45.4 Å². The van der Waals surface area contributed by atoms with E-state index in [0.717, 1.165) is 25.1 Å². The van der Waals surface area contributed by atoms with E-state index in [-0.39, 0.29) is 18.0 Å². The first-order valence-corrected chi connectivity index (χ1v) is 8.18. The van der Waals surface area contributed by atoms with E-state index < -0.39 is 5.60 Å². The molecule has 1 saturated heterocycles. The Balaban J connectivity index is 1.85. The fraction of sp³-hybridized carbons (Fsp3) is 0.562. The van der Waals surface area contributed by atoms with Gasteiger partial charge in [-0.1, -0.05) is 12.1 Å². The summed E-state index contributed by atoms with van der Waals surface area (Å²) in [6.07, 6.45) is 0.484. The summed E-state index contributed by atoms with van der Waals surface area (Å²) in [6, 6.07) is 5.12. The minimum absolute atomic E-state index is 0.0715. The van der Waals surface area contributed by atoms with Gasteiger partial charge in [0.05, 0.1) is 4.47 Å². The van der Waals surface area contributed by atoms with Gasteiger partial charge in [-0.3, -0.25) is 4.90 Å². The summed E-state index contributed by atoms with van der Waals surface area (Å²) in [4.78, 5) is 14.0. The third-order valence-electron chi connectivity index (χ3n) is 3.42. The maximum atomic E-state index is 13.5. The number of likely N-dealkylation sites (tertiary alicyclic amines) is 1. The number of nitrogens with zero attached hydrogens (tertiary/aromatic N) is 1. The van der Waals surface area contributed by atoms with Crippen molar-refractivity contribution >= 4 is 22.0 Å². The summed E-state index contributed by atoms with van der Waals surface area (Å²) >= 11 is 3.28. The van der Waals surface area contributed by atoms with Crippen molar-refractivity contribution in [1.29, 1.82) is 0 Å². The second-order valence-corrected chi connectivity index (χ2v) is 7.37. The van der Waals surface area contributed by atoms with Gasteiger partial charge in [0.25, 0.3) is 0 Å². The van der Waals surface area contributed by atoms with Gasteiger partial charge >= 0.3 is 6.09 Å². The van der Waals surface area contributed by atoms with Crippen LogP contribution in [-0.2, 0) is 11.3 Å². The number of alkyl carbamates (subject to hydrolysis) is 1. The molecular formula is C16H22BrFN2O2. The highest BCUT2D eigenvalue weighted by molar-refractivity contribution is 9.10. The van der Waals surface area contributed by atoms with Gasteiger partial charge in [0.15, 0.2) is 0 Å². The summed E-state index contributed by atoms with van der Waals surface area (Å²) in [6.45, 7) is 7.79. The van der Waals surface area contributed by atoms with Crippen molar-refractivity contribution in [2.75, 3.05) is 13.1 Å². The lowest BCUT2D eigenvalue weighted by Gasteiger charge is -2.22. The first kappa shape index (κ1) is 17.2. The predicted molar refractivity (Wildman–Crippen MR) is 87.2 cm³/mol. The minimum Gasteiger partial charge on any atom is -0.444 e. The largest absolute Gasteiger partial charge is 0.444 e. The standard InChI is InChI=1S/C16H22BrFN2O2/c1-16(2,3)22-15(21)19-12-7-8-20(10-12)9-11-5-4-6-13(18)14(11)17/h4-6,12H,7-10H2,1-3H3,(H,19,21). The number of benzene rings is 1. The lowest BCUT2D eigenvalue weighted by atomic mass is 10.2. The van der Waals surface area contributed by atoms with E-state index in [1.165, 1.54) is 6.07 Å². The Kier molecular flexibility index (Phi) is 5.45. The lowest BCUT2D eigenvalue weighted by Crippen LogP contribution is -2.40. The molecular weight excluding hydrogens is 351 g/mol. The maximum Gasteiger partial charge on any atom is 0.407 e. The summed E-state index contributed by atoms with van der Waals surface area (Å²) in [5, 5.41) is 2.89. The van der Waals surface area contributed by atoms with Crippen molar-refractivity contribution in [3.8, 4) is 0 Å². The molecule has 0 spiro atoms. The Labute approximate surface area is 139 Å². The highest BCUT2D eigenvalue weighted by Gasteiger charge is 2.26. The molecule has 1 aromatic carbocycles. The lowest BCUT2D eigenvalue weighted by molar-refractivity contribution is 0.0506. The first-order valence-electron chi connectivity index (χ1n) is 7.39. The molecule has 2 rings (SSSR count). The van der Waals surface area contributed by atoms with E-state index >= 15 is 0 Å². The fourth-order valence-electron chi connectivity index (χ4n) is 2.48. The smallest absolute Gasteiger partial charge is 0.407 e. The number of ether oxygens (including phenoxy) is 1. The van der Waals surface area contributed by atoms with Crippen LogP contribution < -0.4 is 5.32 Å². The third kappa shape index (κ3) is 4.95. The highest BCUT2D eigenvalue weighted by Crippen LogP contribution is 2.23. The molecule has 1 fully saturated rings. The highest BCUT2D eigenvalue weighted by atomic mass is 79.9. The van der Waals surface area contributed by atoms with Crippen LogP contribution in [0.1, 0.15) is 32.8 Å². The van der Waals surface area contributed by atoms with Crippen molar-refractivity contribution in [3.63, 3.8) is 0 Å². The van der Waals surface area contributed by atoms with E-state index in [9.17, 15) is 9.18 Å². The Morgan fingerprint density at radius 3 is 2.91 bits per heavy atom. The summed E-state index contributed by atoms with van der Waals surface area (Å²) < 4.78 is 19.3. The molecule has 0 saturated carbocycles. The zero-order valence-electron chi connectivity index (χ0n) is 13.2. The van der Waals surface area contributed by atoms with Crippen LogP contribution in [0.3, 0.4) is 0 Å². The first-order chi connectivity index (χ1) is 10.2. The number of rotatable bonds is 3. The molecule has 0 aromatic heterocycles. The average Bonchev–Trinajstić information content (AvgIpc) is 2.80. The van der Waals surface area contributed by atoms with Gasteiger partial charge < -0.3 is 10.1 Å². The number of amides is 1. The van der Waals surface area contributed by atoms with Crippen LogP contribution in [0, 0.1) is 5.82 Å².